The Balaban J connectivity index is 1.39. The molecule has 1 aliphatic heterocycles. The standard InChI is InChI=1S/C17H28N6O2/c1-3-15-13(11-21(2)20-15)10-18-17(25)23-8-6-22(7-9-23)12-16(24)19-14-4-5-14/h11,14H,3-10,12H2,1-2H3,(H,18,25)(H,19,24). The summed E-state index contributed by atoms with van der Waals surface area (Å²) < 4.78 is 1.78. The number of hydrogen-bond acceptors (Lipinski definition) is 4. The number of rotatable bonds is 6. The Hall–Kier alpha value is -2.09. The van der Waals surface area contributed by atoms with Crippen molar-refractivity contribution in [2.75, 3.05) is 32.7 Å². The summed E-state index contributed by atoms with van der Waals surface area (Å²) in [6.07, 6.45) is 5.02. The molecule has 0 aromatic carbocycles. The smallest absolute Gasteiger partial charge is 0.317 e. The zero-order valence-electron chi connectivity index (χ0n) is 15.1. The summed E-state index contributed by atoms with van der Waals surface area (Å²) in [6, 6.07) is 0.355. The first-order valence-electron chi connectivity index (χ1n) is 9.11. The molecule has 1 aromatic rings. The molecule has 138 valence electrons. The number of aryl methyl sites for hydroxylation is 2. The van der Waals surface area contributed by atoms with E-state index in [2.05, 4.69) is 27.6 Å². The van der Waals surface area contributed by atoms with E-state index in [9.17, 15) is 9.59 Å². The van der Waals surface area contributed by atoms with Gasteiger partial charge in [0.05, 0.1) is 12.2 Å². The summed E-state index contributed by atoms with van der Waals surface area (Å²) in [5.74, 6) is 0.101. The second kappa shape index (κ2) is 7.86. The highest BCUT2D eigenvalue weighted by Gasteiger charge is 2.26. The number of aromatic nitrogens is 2. The molecule has 2 N–H and O–H groups in total. The molecule has 3 amide bonds. The maximum Gasteiger partial charge on any atom is 0.317 e. The van der Waals surface area contributed by atoms with Crippen molar-refractivity contribution in [1.82, 2.24) is 30.2 Å². The van der Waals surface area contributed by atoms with E-state index in [0.29, 0.717) is 32.2 Å². The van der Waals surface area contributed by atoms with Crippen molar-refractivity contribution >= 4 is 11.9 Å². The van der Waals surface area contributed by atoms with Gasteiger partial charge in [0.25, 0.3) is 0 Å². The monoisotopic (exact) mass is 348 g/mol. The average molecular weight is 348 g/mol. The molecular formula is C17H28N6O2. The second-order valence-electron chi connectivity index (χ2n) is 6.89. The molecule has 25 heavy (non-hydrogen) atoms. The quantitative estimate of drug-likeness (QED) is 0.763. The van der Waals surface area contributed by atoms with Crippen LogP contribution in [0.15, 0.2) is 6.20 Å². The van der Waals surface area contributed by atoms with Crippen molar-refractivity contribution in [3.05, 3.63) is 17.5 Å². The van der Waals surface area contributed by atoms with E-state index in [1.807, 2.05) is 18.1 Å². The van der Waals surface area contributed by atoms with Crippen LogP contribution in [0, 0.1) is 0 Å². The van der Waals surface area contributed by atoms with Crippen molar-refractivity contribution in [1.29, 1.82) is 0 Å². The first-order chi connectivity index (χ1) is 12.0. The molecule has 0 bridgehead atoms. The van der Waals surface area contributed by atoms with Crippen molar-refractivity contribution in [3.8, 4) is 0 Å². The van der Waals surface area contributed by atoms with E-state index in [1.165, 1.54) is 0 Å². The maximum atomic E-state index is 12.4. The van der Waals surface area contributed by atoms with Crippen molar-refractivity contribution < 1.29 is 9.59 Å². The van der Waals surface area contributed by atoms with Crippen LogP contribution >= 0.6 is 0 Å². The summed E-state index contributed by atoms with van der Waals surface area (Å²) >= 11 is 0. The predicted octanol–water partition coefficient (Wildman–Crippen LogP) is 0.0883. The van der Waals surface area contributed by atoms with Gasteiger partial charge in [0.2, 0.25) is 5.91 Å². The highest BCUT2D eigenvalue weighted by Crippen LogP contribution is 2.18. The third-order valence-corrected chi connectivity index (χ3v) is 4.73. The fourth-order valence-electron chi connectivity index (χ4n) is 3.12. The third-order valence-electron chi connectivity index (χ3n) is 4.73. The number of nitrogens with zero attached hydrogens (tertiary/aromatic N) is 4. The lowest BCUT2D eigenvalue weighted by Crippen LogP contribution is -2.53. The van der Waals surface area contributed by atoms with Gasteiger partial charge >= 0.3 is 6.03 Å². The van der Waals surface area contributed by atoms with E-state index < -0.39 is 0 Å². The van der Waals surface area contributed by atoms with Crippen molar-refractivity contribution in [2.45, 2.75) is 38.8 Å². The fourth-order valence-corrected chi connectivity index (χ4v) is 3.12. The topological polar surface area (TPSA) is 82.5 Å². The minimum absolute atomic E-state index is 0.0482. The van der Waals surface area contributed by atoms with E-state index in [-0.39, 0.29) is 11.9 Å². The van der Waals surface area contributed by atoms with Gasteiger partial charge in [0.1, 0.15) is 0 Å². The molecule has 8 heteroatoms. The molecule has 0 spiro atoms. The summed E-state index contributed by atoms with van der Waals surface area (Å²) in [5.41, 5.74) is 2.09. The lowest BCUT2D eigenvalue weighted by molar-refractivity contribution is -0.122. The van der Waals surface area contributed by atoms with Gasteiger partial charge < -0.3 is 15.5 Å². The van der Waals surface area contributed by atoms with Gasteiger partial charge in [-0.05, 0) is 19.3 Å². The third kappa shape index (κ3) is 4.94. The van der Waals surface area contributed by atoms with Gasteiger partial charge in [0.15, 0.2) is 0 Å². The molecule has 2 heterocycles. The summed E-state index contributed by atoms with van der Waals surface area (Å²) in [5, 5.41) is 10.4. The molecule has 1 saturated heterocycles. The Kier molecular flexibility index (Phi) is 5.57. The van der Waals surface area contributed by atoms with Gasteiger partial charge in [-0.1, -0.05) is 6.92 Å². The van der Waals surface area contributed by atoms with E-state index in [1.54, 1.807) is 4.68 Å². The highest BCUT2D eigenvalue weighted by molar-refractivity contribution is 5.78. The lowest BCUT2D eigenvalue weighted by atomic mass is 10.2. The minimum atomic E-state index is -0.0482. The largest absolute Gasteiger partial charge is 0.352 e. The molecule has 2 fully saturated rings. The van der Waals surface area contributed by atoms with Crippen LogP contribution in [0.5, 0.6) is 0 Å². The van der Waals surface area contributed by atoms with E-state index in [4.69, 9.17) is 0 Å². The first kappa shape index (κ1) is 17.7. The zero-order valence-corrected chi connectivity index (χ0v) is 15.1. The SMILES string of the molecule is CCc1nn(C)cc1CNC(=O)N1CCN(CC(=O)NC2CC2)CC1. The Morgan fingerprint density at radius 2 is 1.96 bits per heavy atom. The fraction of sp³-hybridized carbons (Fsp3) is 0.706. The van der Waals surface area contributed by atoms with Crippen LogP contribution in [0.4, 0.5) is 4.79 Å². The minimum Gasteiger partial charge on any atom is -0.352 e. The van der Waals surface area contributed by atoms with Crippen LogP contribution in [0.1, 0.15) is 31.0 Å². The predicted molar refractivity (Wildman–Crippen MR) is 94.0 cm³/mol. The molecule has 1 saturated carbocycles. The van der Waals surface area contributed by atoms with Crippen LogP contribution in [0.3, 0.4) is 0 Å². The molecule has 1 aliphatic carbocycles. The average Bonchev–Trinajstić information content (AvgIpc) is 3.33. The first-order valence-corrected chi connectivity index (χ1v) is 9.11. The molecule has 0 unspecified atom stereocenters. The van der Waals surface area contributed by atoms with Gasteiger partial charge in [0, 0.05) is 57.6 Å². The molecule has 2 aliphatic rings. The molecule has 8 nitrogen and oxygen atoms in total. The number of nitrogens with one attached hydrogen (secondary N) is 2. The summed E-state index contributed by atoms with van der Waals surface area (Å²) in [4.78, 5) is 28.1. The number of hydrogen-bond donors (Lipinski definition) is 2. The van der Waals surface area contributed by atoms with Crippen molar-refractivity contribution in [2.24, 2.45) is 7.05 Å². The van der Waals surface area contributed by atoms with Gasteiger partial charge in [-0.3, -0.25) is 14.4 Å². The van der Waals surface area contributed by atoms with Crippen LogP contribution in [0.2, 0.25) is 0 Å². The second-order valence-corrected chi connectivity index (χ2v) is 6.89. The van der Waals surface area contributed by atoms with Crippen LogP contribution in [-0.2, 0) is 24.8 Å². The molecule has 1 aromatic heterocycles. The van der Waals surface area contributed by atoms with Crippen molar-refractivity contribution in [3.63, 3.8) is 0 Å². The van der Waals surface area contributed by atoms with Gasteiger partial charge in [-0.15, -0.1) is 0 Å². The molecule has 3 rings (SSSR count). The highest BCUT2D eigenvalue weighted by atomic mass is 16.2. The van der Waals surface area contributed by atoms with Crippen LogP contribution in [-0.4, -0.2) is 70.3 Å². The Bertz CT molecular complexity index is 617. The number of carbonyl (C=O) groups excluding carboxylic acids is 2. The maximum absolute atomic E-state index is 12.4. The van der Waals surface area contributed by atoms with Crippen LogP contribution in [0.25, 0.3) is 0 Å². The normalized spacial score (nSPS) is 18.2. The van der Waals surface area contributed by atoms with E-state index in [0.717, 1.165) is 43.6 Å². The van der Waals surface area contributed by atoms with E-state index >= 15 is 0 Å². The Morgan fingerprint density at radius 1 is 1.24 bits per heavy atom. The molecule has 0 radical (unpaired) electrons. The number of urea groups is 1. The van der Waals surface area contributed by atoms with Gasteiger partial charge in [-0.2, -0.15) is 5.10 Å². The number of piperazine rings is 1. The summed E-state index contributed by atoms with van der Waals surface area (Å²) in [6.45, 7) is 5.76. The Labute approximate surface area is 148 Å². The molecule has 0 atom stereocenters. The van der Waals surface area contributed by atoms with Gasteiger partial charge in [-0.25, -0.2) is 4.79 Å². The molecular weight excluding hydrogens is 320 g/mol. The zero-order chi connectivity index (χ0) is 17.8. The number of amides is 3. The summed E-state index contributed by atoms with van der Waals surface area (Å²) in [7, 11) is 1.89. The lowest BCUT2D eigenvalue weighted by Gasteiger charge is -2.34. The number of carbonyl (C=O) groups is 2. The van der Waals surface area contributed by atoms with Crippen LogP contribution < -0.4 is 10.6 Å². The Morgan fingerprint density at radius 3 is 2.60 bits per heavy atom.